The Balaban J connectivity index is 2.31. The standard InChI is InChI=1S/C13H19ClFNO2/c1-2-3-7-18-9-10(17)8-16-13-11(14)5-4-6-12(13)15/h4-6,10,16-17H,2-3,7-9H2,1H3. The number of unbranched alkanes of at least 4 members (excludes halogenated alkanes) is 1. The molecule has 102 valence electrons. The van der Waals surface area contributed by atoms with Crippen LogP contribution in [0.1, 0.15) is 19.8 Å². The normalized spacial score (nSPS) is 12.4. The van der Waals surface area contributed by atoms with Gasteiger partial charge >= 0.3 is 0 Å². The Morgan fingerprint density at radius 3 is 2.94 bits per heavy atom. The molecule has 18 heavy (non-hydrogen) atoms. The lowest BCUT2D eigenvalue weighted by molar-refractivity contribution is 0.0421. The molecule has 1 aromatic rings. The second kappa shape index (κ2) is 8.29. The molecule has 0 aliphatic heterocycles. The van der Waals surface area contributed by atoms with Crippen LogP contribution in [0.5, 0.6) is 0 Å². The molecule has 1 aromatic carbocycles. The summed E-state index contributed by atoms with van der Waals surface area (Å²) >= 11 is 5.84. The van der Waals surface area contributed by atoms with Crippen LogP contribution in [0.4, 0.5) is 10.1 Å². The van der Waals surface area contributed by atoms with E-state index in [4.69, 9.17) is 16.3 Å². The minimum absolute atomic E-state index is 0.201. The highest BCUT2D eigenvalue weighted by Gasteiger charge is 2.09. The number of benzene rings is 1. The van der Waals surface area contributed by atoms with E-state index in [0.717, 1.165) is 12.8 Å². The summed E-state index contributed by atoms with van der Waals surface area (Å²) in [5.41, 5.74) is 0.215. The Hall–Kier alpha value is -0.840. The number of rotatable bonds is 8. The molecule has 1 rings (SSSR count). The number of aliphatic hydroxyl groups is 1. The molecule has 0 fully saturated rings. The van der Waals surface area contributed by atoms with Crippen molar-refractivity contribution in [3.05, 3.63) is 29.0 Å². The van der Waals surface area contributed by atoms with Gasteiger partial charge in [-0.3, -0.25) is 0 Å². The molecule has 0 spiro atoms. The van der Waals surface area contributed by atoms with E-state index >= 15 is 0 Å². The average molecular weight is 276 g/mol. The maximum atomic E-state index is 13.4. The first-order valence-electron chi connectivity index (χ1n) is 6.08. The molecule has 0 aliphatic carbocycles. The monoisotopic (exact) mass is 275 g/mol. The third-order valence-corrected chi connectivity index (χ3v) is 2.74. The quantitative estimate of drug-likeness (QED) is 0.717. The van der Waals surface area contributed by atoms with Crippen molar-refractivity contribution < 1.29 is 14.2 Å². The molecule has 0 heterocycles. The van der Waals surface area contributed by atoms with E-state index in [2.05, 4.69) is 12.2 Å². The van der Waals surface area contributed by atoms with Crippen LogP contribution in [0.3, 0.4) is 0 Å². The number of ether oxygens (including phenoxy) is 1. The molecule has 1 unspecified atom stereocenters. The highest BCUT2D eigenvalue weighted by Crippen LogP contribution is 2.24. The highest BCUT2D eigenvalue weighted by atomic mass is 35.5. The predicted molar refractivity (Wildman–Crippen MR) is 71.6 cm³/mol. The molecule has 0 aromatic heterocycles. The summed E-state index contributed by atoms with van der Waals surface area (Å²) in [6.45, 7) is 3.14. The number of aliphatic hydroxyl groups excluding tert-OH is 1. The first-order valence-corrected chi connectivity index (χ1v) is 6.46. The van der Waals surface area contributed by atoms with Crippen LogP contribution < -0.4 is 5.32 Å². The van der Waals surface area contributed by atoms with E-state index in [-0.39, 0.29) is 18.8 Å². The molecule has 2 N–H and O–H groups in total. The second-order valence-corrected chi connectivity index (χ2v) is 4.47. The molecule has 3 nitrogen and oxygen atoms in total. The largest absolute Gasteiger partial charge is 0.389 e. The molecule has 1 atom stereocenters. The maximum absolute atomic E-state index is 13.4. The Kier molecular flexibility index (Phi) is 7.01. The molecular formula is C13H19ClFNO2. The van der Waals surface area contributed by atoms with Gasteiger partial charge in [0.05, 0.1) is 23.4 Å². The zero-order valence-electron chi connectivity index (χ0n) is 10.5. The fourth-order valence-electron chi connectivity index (χ4n) is 1.41. The van der Waals surface area contributed by atoms with Gasteiger partial charge in [0, 0.05) is 13.2 Å². The van der Waals surface area contributed by atoms with Crippen LogP contribution in [0.15, 0.2) is 18.2 Å². The molecule has 0 saturated heterocycles. The number of hydrogen-bond acceptors (Lipinski definition) is 3. The summed E-state index contributed by atoms with van der Waals surface area (Å²) in [4.78, 5) is 0. The molecule has 0 aliphatic rings. The van der Waals surface area contributed by atoms with Crippen molar-refractivity contribution in [3.63, 3.8) is 0 Å². The summed E-state index contributed by atoms with van der Waals surface area (Å²) in [5.74, 6) is -0.429. The van der Waals surface area contributed by atoms with Gasteiger partial charge in [-0.2, -0.15) is 0 Å². The van der Waals surface area contributed by atoms with Crippen molar-refractivity contribution in [2.45, 2.75) is 25.9 Å². The van der Waals surface area contributed by atoms with Gasteiger partial charge < -0.3 is 15.2 Å². The number of para-hydroxylation sites is 1. The molecule has 0 amide bonds. The Morgan fingerprint density at radius 1 is 1.50 bits per heavy atom. The number of anilines is 1. The first-order chi connectivity index (χ1) is 8.65. The lowest BCUT2D eigenvalue weighted by Crippen LogP contribution is -2.25. The topological polar surface area (TPSA) is 41.5 Å². The van der Waals surface area contributed by atoms with Crippen molar-refractivity contribution in [2.24, 2.45) is 0 Å². The van der Waals surface area contributed by atoms with Gasteiger partial charge in [0.15, 0.2) is 0 Å². The Bertz CT molecular complexity index is 343. The average Bonchev–Trinajstić information content (AvgIpc) is 2.34. The minimum atomic E-state index is -0.683. The smallest absolute Gasteiger partial charge is 0.147 e. The fraction of sp³-hybridized carbons (Fsp3) is 0.538. The zero-order chi connectivity index (χ0) is 13.4. The van der Waals surface area contributed by atoms with E-state index in [9.17, 15) is 9.50 Å². The van der Waals surface area contributed by atoms with Crippen LogP contribution in [0.25, 0.3) is 0 Å². The van der Waals surface area contributed by atoms with Crippen LogP contribution in [-0.4, -0.2) is 31.0 Å². The van der Waals surface area contributed by atoms with Crippen molar-refractivity contribution in [3.8, 4) is 0 Å². The van der Waals surface area contributed by atoms with E-state index in [0.29, 0.717) is 11.6 Å². The zero-order valence-corrected chi connectivity index (χ0v) is 11.2. The SMILES string of the molecule is CCCCOCC(O)CNc1c(F)cccc1Cl. The van der Waals surface area contributed by atoms with Gasteiger partial charge in [0.1, 0.15) is 5.82 Å². The van der Waals surface area contributed by atoms with E-state index in [1.807, 2.05) is 0 Å². The molecule has 0 saturated carbocycles. The molecular weight excluding hydrogens is 257 g/mol. The lowest BCUT2D eigenvalue weighted by Gasteiger charge is -2.14. The Labute approximate surface area is 112 Å². The van der Waals surface area contributed by atoms with Crippen molar-refractivity contribution in [2.75, 3.05) is 25.1 Å². The number of halogens is 2. The molecule has 5 heteroatoms. The van der Waals surface area contributed by atoms with Gasteiger partial charge in [0.2, 0.25) is 0 Å². The first kappa shape index (κ1) is 15.2. The predicted octanol–water partition coefficient (Wildman–Crippen LogP) is 3.07. The minimum Gasteiger partial charge on any atom is -0.389 e. The highest BCUT2D eigenvalue weighted by molar-refractivity contribution is 6.33. The molecule has 0 bridgehead atoms. The van der Waals surface area contributed by atoms with Gasteiger partial charge in [-0.15, -0.1) is 0 Å². The Morgan fingerprint density at radius 2 is 2.28 bits per heavy atom. The van der Waals surface area contributed by atoms with Crippen LogP contribution in [0, 0.1) is 5.82 Å². The van der Waals surface area contributed by atoms with Gasteiger partial charge in [0.25, 0.3) is 0 Å². The van der Waals surface area contributed by atoms with Crippen LogP contribution >= 0.6 is 11.6 Å². The van der Waals surface area contributed by atoms with E-state index in [1.54, 1.807) is 6.07 Å². The summed E-state index contributed by atoms with van der Waals surface area (Å²) in [7, 11) is 0. The third kappa shape index (κ3) is 5.21. The summed E-state index contributed by atoms with van der Waals surface area (Å²) in [6.07, 6.45) is 1.34. The summed E-state index contributed by atoms with van der Waals surface area (Å²) < 4.78 is 18.7. The van der Waals surface area contributed by atoms with Crippen molar-refractivity contribution in [1.82, 2.24) is 0 Å². The van der Waals surface area contributed by atoms with Crippen LogP contribution in [0.2, 0.25) is 5.02 Å². The number of hydrogen-bond donors (Lipinski definition) is 2. The van der Waals surface area contributed by atoms with Crippen molar-refractivity contribution in [1.29, 1.82) is 0 Å². The maximum Gasteiger partial charge on any atom is 0.147 e. The van der Waals surface area contributed by atoms with Crippen molar-refractivity contribution >= 4 is 17.3 Å². The van der Waals surface area contributed by atoms with Gasteiger partial charge in [-0.1, -0.05) is 31.0 Å². The van der Waals surface area contributed by atoms with Gasteiger partial charge in [-0.25, -0.2) is 4.39 Å². The van der Waals surface area contributed by atoms with Gasteiger partial charge in [-0.05, 0) is 18.6 Å². The third-order valence-electron chi connectivity index (χ3n) is 2.43. The summed E-state index contributed by atoms with van der Waals surface area (Å²) in [5, 5.41) is 12.7. The van der Waals surface area contributed by atoms with E-state index < -0.39 is 11.9 Å². The fourth-order valence-corrected chi connectivity index (χ4v) is 1.64. The lowest BCUT2D eigenvalue weighted by atomic mass is 10.3. The van der Waals surface area contributed by atoms with E-state index in [1.165, 1.54) is 12.1 Å². The second-order valence-electron chi connectivity index (χ2n) is 4.06. The summed E-state index contributed by atoms with van der Waals surface area (Å²) in [6, 6.07) is 4.45. The van der Waals surface area contributed by atoms with Crippen LogP contribution in [-0.2, 0) is 4.74 Å². The molecule has 0 radical (unpaired) electrons. The number of nitrogens with one attached hydrogen (secondary N) is 1.